The van der Waals surface area contributed by atoms with Crippen molar-refractivity contribution in [2.45, 2.75) is 19.5 Å². The average Bonchev–Trinajstić information content (AvgIpc) is 2.86. The first-order chi connectivity index (χ1) is 7.75. The maximum Gasteiger partial charge on any atom is 0.150 e. The van der Waals surface area contributed by atoms with Crippen LogP contribution in [0.1, 0.15) is 12.0 Å². The zero-order valence-corrected chi connectivity index (χ0v) is 9.80. The fourth-order valence-corrected chi connectivity index (χ4v) is 3.11. The number of aryl methyl sites for hydroxylation is 1. The minimum absolute atomic E-state index is 0.461. The predicted octanol–water partition coefficient (Wildman–Crippen LogP) is 2.55. The minimum Gasteiger partial charge on any atom is -0.352 e. The first-order valence-corrected chi connectivity index (χ1v) is 6.21. The quantitative estimate of drug-likeness (QED) is 0.763. The number of halogens is 1. The van der Waals surface area contributed by atoms with Gasteiger partial charge in [-0.1, -0.05) is 0 Å². The lowest BCUT2D eigenvalue weighted by Crippen LogP contribution is -2.21. The number of hydrogen-bond acceptors (Lipinski definition) is 4. The van der Waals surface area contributed by atoms with Gasteiger partial charge < -0.3 is 4.90 Å². The van der Waals surface area contributed by atoms with E-state index in [2.05, 4.69) is 15.3 Å². The lowest BCUT2D eigenvalue weighted by molar-refractivity contribution is 0.364. The maximum atomic E-state index is 13.2. The van der Waals surface area contributed by atoms with Crippen molar-refractivity contribution in [3.05, 3.63) is 17.3 Å². The van der Waals surface area contributed by atoms with Gasteiger partial charge >= 0.3 is 0 Å². The van der Waals surface area contributed by atoms with Crippen LogP contribution in [0.25, 0.3) is 10.2 Å². The molecule has 1 aliphatic rings. The van der Waals surface area contributed by atoms with Crippen LogP contribution in [0.15, 0.2) is 11.7 Å². The molecule has 3 heterocycles. The largest absolute Gasteiger partial charge is 0.352 e. The molecule has 0 N–H and O–H groups in total. The number of fused-ring (bicyclic) bond motifs is 1. The Labute approximate surface area is 96.9 Å². The highest BCUT2D eigenvalue weighted by atomic mass is 32.1. The molecular formula is C11H12FN3S. The van der Waals surface area contributed by atoms with Gasteiger partial charge in [0.2, 0.25) is 0 Å². The first-order valence-electron chi connectivity index (χ1n) is 5.33. The lowest BCUT2D eigenvalue weighted by atomic mass is 10.3. The molecule has 0 aromatic carbocycles. The average molecular weight is 237 g/mol. The Morgan fingerprint density at radius 3 is 3.12 bits per heavy atom. The maximum absolute atomic E-state index is 13.2. The van der Waals surface area contributed by atoms with Crippen molar-refractivity contribution in [2.24, 2.45) is 0 Å². The van der Waals surface area contributed by atoms with E-state index in [1.165, 1.54) is 5.56 Å². The summed E-state index contributed by atoms with van der Waals surface area (Å²) in [7, 11) is 0. The highest BCUT2D eigenvalue weighted by molar-refractivity contribution is 7.18. The molecule has 3 nitrogen and oxygen atoms in total. The smallest absolute Gasteiger partial charge is 0.150 e. The second-order valence-corrected chi connectivity index (χ2v) is 5.01. The van der Waals surface area contributed by atoms with E-state index < -0.39 is 6.17 Å². The second-order valence-electron chi connectivity index (χ2n) is 4.13. The molecule has 0 saturated carbocycles. The molecule has 0 amide bonds. The number of nitrogens with zero attached hydrogens (tertiary/aromatic N) is 3. The third-order valence-electron chi connectivity index (χ3n) is 2.94. The van der Waals surface area contributed by atoms with Crippen molar-refractivity contribution in [1.82, 2.24) is 9.97 Å². The summed E-state index contributed by atoms with van der Waals surface area (Å²) < 4.78 is 14.3. The summed E-state index contributed by atoms with van der Waals surface area (Å²) in [5, 5.41) is 2.08. The zero-order chi connectivity index (χ0) is 11.1. The van der Waals surface area contributed by atoms with Crippen LogP contribution in [-0.2, 0) is 0 Å². The molecule has 0 spiro atoms. The van der Waals surface area contributed by atoms with Crippen LogP contribution in [0, 0.1) is 6.92 Å². The number of alkyl halides is 1. The number of thiophene rings is 1. The molecule has 2 aromatic heterocycles. The molecular weight excluding hydrogens is 225 g/mol. The van der Waals surface area contributed by atoms with Crippen LogP contribution in [0.4, 0.5) is 10.2 Å². The van der Waals surface area contributed by atoms with Crippen LogP contribution in [-0.4, -0.2) is 29.2 Å². The van der Waals surface area contributed by atoms with Gasteiger partial charge in [0.15, 0.2) is 0 Å². The van der Waals surface area contributed by atoms with Crippen molar-refractivity contribution in [1.29, 1.82) is 0 Å². The highest BCUT2D eigenvalue weighted by Gasteiger charge is 2.24. The first kappa shape index (κ1) is 9.96. The van der Waals surface area contributed by atoms with E-state index in [1.807, 2.05) is 11.8 Å². The Morgan fingerprint density at radius 2 is 2.38 bits per heavy atom. The van der Waals surface area contributed by atoms with Crippen LogP contribution in [0.5, 0.6) is 0 Å². The molecule has 1 aliphatic heterocycles. The van der Waals surface area contributed by atoms with Crippen LogP contribution >= 0.6 is 11.3 Å². The SMILES string of the molecule is Cc1csc2c(N3CCC(F)C3)ncnc12. The van der Waals surface area contributed by atoms with E-state index in [4.69, 9.17) is 0 Å². The van der Waals surface area contributed by atoms with Crippen LogP contribution in [0.2, 0.25) is 0 Å². The molecule has 1 saturated heterocycles. The van der Waals surface area contributed by atoms with Crippen LogP contribution < -0.4 is 4.90 Å². The van der Waals surface area contributed by atoms with Crippen molar-refractivity contribution < 1.29 is 4.39 Å². The molecule has 1 atom stereocenters. The molecule has 1 unspecified atom stereocenters. The predicted molar refractivity (Wildman–Crippen MR) is 63.9 cm³/mol. The summed E-state index contributed by atoms with van der Waals surface area (Å²) in [6.07, 6.45) is 1.46. The number of anilines is 1. The van der Waals surface area contributed by atoms with E-state index in [-0.39, 0.29) is 0 Å². The van der Waals surface area contributed by atoms with Gasteiger partial charge in [0, 0.05) is 6.54 Å². The summed E-state index contributed by atoms with van der Waals surface area (Å²) in [5.74, 6) is 0.892. The van der Waals surface area contributed by atoms with Gasteiger partial charge in [-0.2, -0.15) is 0 Å². The van der Waals surface area contributed by atoms with E-state index in [9.17, 15) is 4.39 Å². The fraction of sp³-hybridized carbons (Fsp3) is 0.455. The van der Waals surface area contributed by atoms with E-state index in [1.54, 1.807) is 17.7 Å². The summed E-state index contributed by atoms with van der Waals surface area (Å²) in [5.41, 5.74) is 2.16. The van der Waals surface area contributed by atoms with Gasteiger partial charge in [-0.3, -0.25) is 0 Å². The molecule has 16 heavy (non-hydrogen) atoms. The van der Waals surface area contributed by atoms with Crippen molar-refractivity contribution in [2.75, 3.05) is 18.0 Å². The zero-order valence-electron chi connectivity index (χ0n) is 8.98. The Hall–Kier alpha value is -1.23. The normalized spacial score (nSPS) is 20.9. The molecule has 84 valence electrons. The summed E-state index contributed by atoms with van der Waals surface area (Å²) in [6.45, 7) is 3.25. The van der Waals surface area contributed by atoms with Crippen molar-refractivity contribution >= 4 is 27.4 Å². The summed E-state index contributed by atoms with van der Waals surface area (Å²) in [6, 6.07) is 0. The van der Waals surface area contributed by atoms with Crippen molar-refractivity contribution in [3.8, 4) is 0 Å². The number of aromatic nitrogens is 2. The van der Waals surface area contributed by atoms with Gasteiger partial charge in [-0.05, 0) is 24.3 Å². The van der Waals surface area contributed by atoms with Gasteiger partial charge in [0.05, 0.1) is 16.8 Å². The number of rotatable bonds is 1. The Bertz CT molecular complexity index is 525. The molecule has 0 bridgehead atoms. The van der Waals surface area contributed by atoms with E-state index >= 15 is 0 Å². The Balaban J connectivity index is 2.09. The monoisotopic (exact) mass is 237 g/mol. The van der Waals surface area contributed by atoms with E-state index in [0.717, 1.165) is 22.6 Å². The van der Waals surface area contributed by atoms with Gasteiger partial charge in [-0.15, -0.1) is 11.3 Å². The molecule has 0 radical (unpaired) electrons. The van der Waals surface area contributed by atoms with Gasteiger partial charge in [0.25, 0.3) is 0 Å². The second kappa shape index (κ2) is 3.66. The topological polar surface area (TPSA) is 29.0 Å². The van der Waals surface area contributed by atoms with Crippen LogP contribution in [0.3, 0.4) is 0 Å². The third-order valence-corrected chi connectivity index (χ3v) is 4.03. The summed E-state index contributed by atoms with van der Waals surface area (Å²) >= 11 is 1.64. The number of hydrogen-bond donors (Lipinski definition) is 0. The summed E-state index contributed by atoms with van der Waals surface area (Å²) in [4.78, 5) is 10.6. The van der Waals surface area contributed by atoms with Gasteiger partial charge in [0.1, 0.15) is 18.3 Å². The minimum atomic E-state index is -0.717. The third kappa shape index (κ3) is 1.46. The molecule has 3 rings (SSSR count). The fourth-order valence-electron chi connectivity index (χ4n) is 2.09. The Kier molecular flexibility index (Phi) is 2.28. The molecule has 0 aliphatic carbocycles. The molecule has 5 heteroatoms. The highest BCUT2D eigenvalue weighted by Crippen LogP contribution is 2.32. The Morgan fingerprint density at radius 1 is 1.50 bits per heavy atom. The van der Waals surface area contributed by atoms with E-state index in [0.29, 0.717) is 13.0 Å². The molecule has 2 aromatic rings. The standard InChI is InChI=1S/C11H12FN3S/c1-7-5-16-10-9(7)13-6-14-11(10)15-3-2-8(12)4-15/h5-6,8H,2-4H2,1H3. The lowest BCUT2D eigenvalue weighted by Gasteiger charge is -2.16. The molecule has 1 fully saturated rings. The van der Waals surface area contributed by atoms with Crippen molar-refractivity contribution in [3.63, 3.8) is 0 Å². The van der Waals surface area contributed by atoms with Gasteiger partial charge in [-0.25, -0.2) is 14.4 Å².